The van der Waals surface area contributed by atoms with Gasteiger partial charge < -0.3 is 10.2 Å². The van der Waals surface area contributed by atoms with E-state index < -0.39 is 0 Å². The molecule has 0 fully saturated rings. The van der Waals surface area contributed by atoms with Gasteiger partial charge in [0, 0.05) is 23.8 Å². The number of thiophene rings is 1. The summed E-state index contributed by atoms with van der Waals surface area (Å²) in [4.78, 5) is 15.2. The SMILES string of the molecule is CN(C)[C@@H](CNC(=O)Cn1cccn1)c1cccs1. The van der Waals surface area contributed by atoms with Crippen LogP contribution in [0, 0.1) is 0 Å². The van der Waals surface area contributed by atoms with Crippen LogP contribution in [-0.2, 0) is 11.3 Å². The Morgan fingerprint density at radius 3 is 2.95 bits per heavy atom. The highest BCUT2D eigenvalue weighted by atomic mass is 32.1. The topological polar surface area (TPSA) is 50.2 Å². The fourth-order valence-electron chi connectivity index (χ4n) is 1.83. The molecular formula is C13H18N4OS. The van der Waals surface area contributed by atoms with Crippen molar-refractivity contribution in [3.8, 4) is 0 Å². The lowest BCUT2D eigenvalue weighted by molar-refractivity contribution is -0.122. The van der Waals surface area contributed by atoms with E-state index in [0.717, 1.165) is 0 Å². The molecule has 102 valence electrons. The maximum atomic E-state index is 11.8. The molecule has 0 saturated carbocycles. The van der Waals surface area contributed by atoms with Gasteiger partial charge in [0.05, 0.1) is 6.04 Å². The molecule has 0 aromatic carbocycles. The molecule has 2 rings (SSSR count). The van der Waals surface area contributed by atoms with E-state index in [-0.39, 0.29) is 18.5 Å². The Labute approximate surface area is 116 Å². The van der Waals surface area contributed by atoms with E-state index in [1.807, 2.05) is 26.2 Å². The number of amides is 1. The monoisotopic (exact) mass is 278 g/mol. The molecule has 2 heterocycles. The van der Waals surface area contributed by atoms with Gasteiger partial charge in [-0.15, -0.1) is 11.3 Å². The van der Waals surface area contributed by atoms with Gasteiger partial charge in [0.2, 0.25) is 5.91 Å². The zero-order valence-electron chi connectivity index (χ0n) is 11.1. The quantitative estimate of drug-likeness (QED) is 0.868. The molecule has 2 aromatic rings. The molecule has 1 N–H and O–H groups in total. The van der Waals surface area contributed by atoms with Crippen LogP contribution in [0.2, 0.25) is 0 Å². The average molecular weight is 278 g/mol. The molecule has 1 amide bonds. The first-order valence-corrected chi connectivity index (χ1v) is 6.98. The van der Waals surface area contributed by atoms with Crippen molar-refractivity contribution in [3.63, 3.8) is 0 Å². The van der Waals surface area contributed by atoms with Gasteiger partial charge >= 0.3 is 0 Å². The summed E-state index contributed by atoms with van der Waals surface area (Å²) in [5.41, 5.74) is 0. The maximum Gasteiger partial charge on any atom is 0.241 e. The molecular weight excluding hydrogens is 260 g/mol. The minimum Gasteiger partial charge on any atom is -0.353 e. The first kappa shape index (κ1) is 13.8. The Balaban J connectivity index is 1.87. The zero-order chi connectivity index (χ0) is 13.7. The molecule has 0 aliphatic rings. The summed E-state index contributed by atoms with van der Waals surface area (Å²) in [5.74, 6) is -0.0212. The van der Waals surface area contributed by atoms with Gasteiger partial charge in [-0.2, -0.15) is 5.10 Å². The van der Waals surface area contributed by atoms with Gasteiger partial charge in [0.25, 0.3) is 0 Å². The molecule has 0 spiro atoms. The van der Waals surface area contributed by atoms with Crippen LogP contribution in [0.5, 0.6) is 0 Å². The molecule has 1 atom stereocenters. The Hall–Kier alpha value is -1.66. The summed E-state index contributed by atoms with van der Waals surface area (Å²) in [7, 11) is 4.04. The number of carbonyl (C=O) groups excluding carboxylic acids is 1. The molecule has 0 unspecified atom stereocenters. The lowest BCUT2D eigenvalue weighted by Gasteiger charge is -2.23. The summed E-state index contributed by atoms with van der Waals surface area (Å²) in [5, 5.41) is 9.02. The molecule has 0 radical (unpaired) electrons. The third kappa shape index (κ3) is 3.90. The number of aromatic nitrogens is 2. The van der Waals surface area contributed by atoms with Gasteiger partial charge in [0.1, 0.15) is 6.54 Å². The van der Waals surface area contributed by atoms with Crippen molar-refractivity contribution < 1.29 is 4.79 Å². The van der Waals surface area contributed by atoms with Gasteiger partial charge in [-0.25, -0.2) is 0 Å². The lowest BCUT2D eigenvalue weighted by atomic mass is 10.2. The highest BCUT2D eigenvalue weighted by molar-refractivity contribution is 7.10. The average Bonchev–Trinajstić information content (AvgIpc) is 3.01. The second kappa shape index (κ2) is 6.49. The molecule has 0 saturated heterocycles. The number of hydrogen-bond acceptors (Lipinski definition) is 4. The van der Waals surface area contributed by atoms with Crippen molar-refractivity contribution in [2.24, 2.45) is 0 Å². The first-order valence-electron chi connectivity index (χ1n) is 6.11. The molecule has 0 aliphatic carbocycles. The maximum absolute atomic E-state index is 11.8. The van der Waals surface area contributed by atoms with E-state index in [2.05, 4.69) is 26.8 Å². The highest BCUT2D eigenvalue weighted by Gasteiger charge is 2.16. The van der Waals surface area contributed by atoms with Crippen molar-refractivity contribution in [2.75, 3.05) is 20.6 Å². The van der Waals surface area contributed by atoms with Crippen molar-refractivity contribution in [3.05, 3.63) is 40.8 Å². The minimum atomic E-state index is -0.0212. The molecule has 5 nitrogen and oxygen atoms in total. The fraction of sp³-hybridized carbons (Fsp3) is 0.385. The van der Waals surface area contributed by atoms with Crippen LogP contribution < -0.4 is 5.32 Å². The summed E-state index contributed by atoms with van der Waals surface area (Å²) >= 11 is 1.71. The third-order valence-electron chi connectivity index (χ3n) is 2.85. The predicted molar refractivity (Wildman–Crippen MR) is 76.0 cm³/mol. The van der Waals surface area contributed by atoms with Crippen molar-refractivity contribution in [1.29, 1.82) is 0 Å². The van der Waals surface area contributed by atoms with E-state index >= 15 is 0 Å². The van der Waals surface area contributed by atoms with Gasteiger partial charge in [-0.3, -0.25) is 9.48 Å². The summed E-state index contributed by atoms with van der Waals surface area (Å²) in [6.07, 6.45) is 3.45. The second-order valence-electron chi connectivity index (χ2n) is 4.50. The lowest BCUT2D eigenvalue weighted by Crippen LogP contribution is -2.35. The Morgan fingerprint density at radius 1 is 1.53 bits per heavy atom. The predicted octanol–water partition coefficient (Wildman–Crippen LogP) is 1.36. The number of carbonyl (C=O) groups is 1. The Bertz CT molecular complexity index is 493. The number of nitrogens with one attached hydrogen (secondary N) is 1. The minimum absolute atomic E-state index is 0.0212. The van der Waals surface area contributed by atoms with E-state index in [9.17, 15) is 4.79 Å². The van der Waals surface area contributed by atoms with Crippen LogP contribution >= 0.6 is 11.3 Å². The molecule has 0 bridgehead atoms. The molecule has 2 aromatic heterocycles. The summed E-state index contributed by atoms with van der Waals surface area (Å²) in [6, 6.07) is 6.14. The highest BCUT2D eigenvalue weighted by Crippen LogP contribution is 2.22. The van der Waals surface area contributed by atoms with Crippen LogP contribution in [0.15, 0.2) is 36.0 Å². The Morgan fingerprint density at radius 2 is 2.37 bits per heavy atom. The van der Waals surface area contributed by atoms with Crippen LogP contribution in [-0.4, -0.2) is 41.2 Å². The molecule has 0 aliphatic heterocycles. The van der Waals surface area contributed by atoms with Gasteiger partial charge in [0.15, 0.2) is 0 Å². The van der Waals surface area contributed by atoms with Crippen LogP contribution in [0.3, 0.4) is 0 Å². The number of likely N-dealkylation sites (N-methyl/N-ethyl adjacent to an activating group) is 1. The van der Waals surface area contributed by atoms with E-state index in [0.29, 0.717) is 6.54 Å². The number of rotatable bonds is 6. The number of nitrogens with zero attached hydrogens (tertiary/aromatic N) is 3. The second-order valence-corrected chi connectivity index (χ2v) is 5.48. The zero-order valence-corrected chi connectivity index (χ0v) is 11.9. The van der Waals surface area contributed by atoms with Gasteiger partial charge in [-0.05, 0) is 31.6 Å². The first-order chi connectivity index (χ1) is 9.16. The molecule has 19 heavy (non-hydrogen) atoms. The smallest absolute Gasteiger partial charge is 0.241 e. The van der Waals surface area contributed by atoms with Crippen molar-refractivity contribution >= 4 is 17.2 Å². The Kier molecular flexibility index (Phi) is 4.70. The third-order valence-corrected chi connectivity index (χ3v) is 3.83. The van der Waals surface area contributed by atoms with Crippen LogP contribution in [0.1, 0.15) is 10.9 Å². The largest absolute Gasteiger partial charge is 0.353 e. The van der Waals surface area contributed by atoms with Crippen molar-refractivity contribution in [2.45, 2.75) is 12.6 Å². The van der Waals surface area contributed by atoms with E-state index in [1.54, 1.807) is 28.4 Å². The van der Waals surface area contributed by atoms with Gasteiger partial charge in [-0.1, -0.05) is 6.07 Å². The number of hydrogen-bond donors (Lipinski definition) is 1. The van der Waals surface area contributed by atoms with Crippen molar-refractivity contribution in [1.82, 2.24) is 20.0 Å². The normalized spacial score (nSPS) is 12.6. The molecule has 6 heteroatoms. The fourth-order valence-corrected chi connectivity index (χ4v) is 2.75. The van der Waals surface area contributed by atoms with E-state index in [4.69, 9.17) is 0 Å². The van der Waals surface area contributed by atoms with Crippen LogP contribution in [0.4, 0.5) is 0 Å². The standard InChI is InChI=1S/C13H18N4OS/c1-16(2)11(12-5-3-8-19-12)9-14-13(18)10-17-7-4-6-15-17/h3-8,11H,9-10H2,1-2H3,(H,14,18)/t11-/m0/s1. The summed E-state index contributed by atoms with van der Waals surface area (Å²) < 4.78 is 1.62. The summed E-state index contributed by atoms with van der Waals surface area (Å²) in [6.45, 7) is 0.866. The van der Waals surface area contributed by atoms with E-state index in [1.165, 1.54) is 4.88 Å². The van der Waals surface area contributed by atoms with Crippen LogP contribution in [0.25, 0.3) is 0 Å².